The molecule has 0 bridgehead atoms. The number of halogens is 1. The lowest BCUT2D eigenvalue weighted by Gasteiger charge is -2.32. The molecule has 2 aromatic rings. The van der Waals surface area contributed by atoms with Crippen molar-refractivity contribution in [1.29, 1.82) is 0 Å². The molecule has 1 amide bonds. The average molecular weight is 384 g/mol. The van der Waals surface area contributed by atoms with Crippen molar-refractivity contribution in [3.63, 3.8) is 0 Å². The maximum atomic E-state index is 12.5. The Balaban J connectivity index is 1.51. The summed E-state index contributed by atoms with van der Waals surface area (Å²) in [4.78, 5) is 20.2. The molecule has 4 nitrogen and oxygen atoms in total. The smallest absolute Gasteiger partial charge is 0.228 e. The minimum Gasteiger partial charge on any atom is -0.342 e. The van der Waals surface area contributed by atoms with Gasteiger partial charge in [0.25, 0.3) is 0 Å². The molecular weight excluding hydrogens is 362 g/mol. The number of nitrogens with zero attached hydrogens (tertiary/aromatic N) is 2. The number of thiazole rings is 1. The second kappa shape index (κ2) is 8.43. The van der Waals surface area contributed by atoms with Crippen LogP contribution in [0, 0.1) is 5.92 Å². The summed E-state index contributed by atoms with van der Waals surface area (Å²) in [7, 11) is 1.99. The van der Waals surface area contributed by atoms with Crippen LogP contribution in [0.3, 0.4) is 0 Å². The Morgan fingerprint density at radius 2 is 2.21 bits per heavy atom. The summed E-state index contributed by atoms with van der Waals surface area (Å²) in [6.45, 7) is 2.82. The van der Waals surface area contributed by atoms with Crippen molar-refractivity contribution >= 4 is 40.2 Å². The lowest BCUT2D eigenvalue weighted by molar-refractivity contribution is -0.131. The third-order valence-corrected chi connectivity index (χ3v) is 6.73. The van der Waals surface area contributed by atoms with Crippen molar-refractivity contribution in [2.45, 2.75) is 25.7 Å². The summed E-state index contributed by atoms with van der Waals surface area (Å²) < 4.78 is 0.763. The number of carbonyl (C=O) groups excluding carboxylic acids is 1. The Bertz CT molecular complexity index is 677. The first-order chi connectivity index (χ1) is 11.7. The number of hydrogen-bond donors (Lipinski definition) is 1. The van der Waals surface area contributed by atoms with E-state index in [2.05, 4.69) is 10.3 Å². The average Bonchev–Trinajstić information content (AvgIpc) is 3.22. The highest BCUT2D eigenvalue weighted by Crippen LogP contribution is 2.33. The molecule has 1 aliphatic heterocycles. The van der Waals surface area contributed by atoms with Gasteiger partial charge in [-0.1, -0.05) is 11.6 Å². The van der Waals surface area contributed by atoms with Crippen LogP contribution in [0.5, 0.6) is 0 Å². The van der Waals surface area contributed by atoms with E-state index in [0.29, 0.717) is 6.42 Å². The minimum atomic E-state index is 0.197. The third kappa shape index (κ3) is 4.57. The summed E-state index contributed by atoms with van der Waals surface area (Å²) in [6.07, 6.45) is 3.83. The molecule has 3 rings (SSSR count). The molecule has 7 heteroatoms. The Morgan fingerprint density at radius 3 is 2.88 bits per heavy atom. The van der Waals surface area contributed by atoms with Crippen LogP contribution < -0.4 is 5.32 Å². The van der Waals surface area contributed by atoms with Crippen molar-refractivity contribution in [2.75, 3.05) is 26.7 Å². The van der Waals surface area contributed by atoms with Crippen LogP contribution in [-0.4, -0.2) is 42.5 Å². The zero-order chi connectivity index (χ0) is 16.9. The normalized spacial score (nSPS) is 15.8. The fraction of sp³-hybridized carbons (Fsp3) is 0.529. The van der Waals surface area contributed by atoms with Gasteiger partial charge in [0.05, 0.1) is 21.3 Å². The molecule has 3 heterocycles. The van der Waals surface area contributed by atoms with Crippen LogP contribution >= 0.6 is 34.3 Å². The van der Waals surface area contributed by atoms with E-state index in [1.807, 2.05) is 29.5 Å². The first-order valence-corrected chi connectivity index (χ1v) is 10.4. The molecule has 0 spiro atoms. The summed E-state index contributed by atoms with van der Waals surface area (Å²) in [5.74, 6) is 0.944. The van der Waals surface area contributed by atoms with Crippen molar-refractivity contribution in [3.8, 4) is 9.88 Å². The van der Waals surface area contributed by atoms with E-state index in [1.54, 1.807) is 11.3 Å². The molecular formula is C17H22ClN3OS2. The van der Waals surface area contributed by atoms with Crippen molar-refractivity contribution < 1.29 is 4.79 Å². The number of thiophene rings is 1. The molecule has 1 N–H and O–H groups in total. The Morgan fingerprint density at radius 1 is 1.42 bits per heavy atom. The van der Waals surface area contributed by atoms with Crippen LogP contribution in [0.15, 0.2) is 17.5 Å². The van der Waals surface area contributed by atoms with Crippen LogP contribution in [0.25, 0.3) is 9.88 Å². The minimum absolute atomic E-state index is 0.197. The van der Waals surface area contributed by atoms with Gasteiger partial charge in [0.15, 0.2) is 0 Å². The van der Waals surface area contributed by atoms with Gasteiger partial charge >= 0.3 is 0 Å². The number of piperidine rings is 1. The summed E-state index contributed by atoms with van der Waals surface area (Å²) >= 11 is 9.07. The van der Waals surface area contributed by atoms with Crippen LogP contribution in [0.1, 0.15) is 25.0 Å². The number of rotatable bonds is 6. The maximum absolute atomic E-state index is 12.5. The molecule has 1 aliphatic rings. The SMILES string of the molecule is CNCCC1CCN(C(=O)Cc2csc(-c3ccc(Cl)s3)n2)CC1. The number of amides is 1. The lowest BCUT2D eigenvalue weighted by atomic mass is 9.93. The van der Waals surface area contributed by atoms with E-state index in [9.17, 15) is 4.79 Å². The molecule has 0 radical (unpaired) electrons. The largest absolute Gasteiger partial charge is 0.342 e. The predicted octanol–water partition coefficient (Wildman–Crippen LogP) is 3.92. The fourth-order valence-corrected chi connectivity index (χ4v) is 4.95. The number of aromatic nitrogens is 1. The lowest BCUT2D eigenvalue weighted by Crippen LogP contribution is -2.39. The van der Waals surface area contributed by atoms with Gasteiger partial charge in [-0.3, -0.25) is 4.79 Å². The molecule has 0 saturated carbocycles. The molecule has 1 fully saturated rings. The van der Waals surface area contributed by atoms with Crippen molar-refractivity contribution in [1.82, 2.24) is 15.2 Å². The van der Waals surface area contributed by atoms with Gasteiger partial charge in [-0.15, -0.1) is 22.7 Å². The van der Waals surface area contributed by atoms with E-state index in [4.69, 9.17) is 11.6 Å². The standard InChI is InChI=1S/C17H22ClN3OS2/c1-19-7-4-12-5-8-21(9-6-12)16(22)10-13-11-23-17(20-13)14-2-3-15(18)24-14/h2-3,11-12,19H,4-10H2,1H3. The van der Waals surface area contributed by atoms with Crippen molar-refractivity contribution in [3.05, 3.63) is 27.5 Å². The number of carbonyl (C=O) groups is 1. The van der Waals surface area contributed by atoms with Crippen LogP contribution in [-0.2, 0) is 11.2 Å². The first kappa shape index (κ1) is 17.9. The van der Waals surface area contributed by atoms with Crippen LogP contribution in [0.4, 0.5) is 0 Å². The monoisotopic (exact) mass is 383 g/mol. The predicted molar refractivity (Wildman–Crippen MR) is 102 cm³/mol. The van der Waals surface area contributed by atoms with Gasteiger partial charge in [0.2, 0.25) is 5.91 Å². The number of likely N-dealkylation sites (tertiary alicyclic amines) is 1. The molecule has 1 saturated heterocycles. The van der Waals surface area contributed by atoms with E-state index >= 15 is 0 Å². The molecule has 24 heavy (non-hydrogen) atoms. The highest BCUT2D eigenvalue weighted by atomic mass is 35.5. The highest BCUT2D eigenvalue weighted by molar-refractivity contribution is 7.23. The summed E-state index contributed by atoms with van der Waals surface area (Å²) in [6, 6.07) is 3.86. The van der Waals surface area contributed by atoms with E-state index in [0.717, 1.165) is 58.3 Å². The molecule has 130 valence electrons. The summed E-state index contributed by atoms with van der Waals surface area (Å²) in [5.41, 5.74) is 0.863. The van der Waals surface area contributed by atoms with Crippen molar-refractivity contribution in [2.24, 2.45) is 5.92 Å². The quantitative estimate of drug-likeness (QED) is 0.822. The zero-order valence-corrected chi connectivity index (χ0v) is 16.1. The maximum Gasteiger partial charge on any atom is 0.228 e. The molecule has 0 aromatic carbocycles. The summed E-state index contributed by atoms with van der Waals surface area (Å²) in [5, 5.41) is 6.14. The molecule has 2 aromatic heterocycles. The van der Waals surface area contributed by atoms with Gasteiger partial charge in [0.1, 0.15) is 5.01 Å². The van der Waals surface area contributed by atoms with Crippen LogP contribution in [0.2, 0.25) is 4.34 Å². The van der Waals surface area contributed by atoms with Gasteiger partial charge in [-0.2, -0.15) is 0 Å². The van der Waals surface area contributed by atoms with Gasteiger partial charge in [0, 0.05) is 18.5 Å². The first-order valence-electron chi connectivity index (χ1n) is 8.28. The highest BCUT2D eigenvalue weighted by Gasteiger charge is 2.23. The topological polar surface area (TPSA) is 45.2 Å². The Kier molecular flexibility index (Phi) is 6.27. The molecule has 0 atom stereocenters. The third-order valence-electron chi connectivity index (χ3n) is 4.44. The molecule has 0 unspecified atom stereocenters. The Labute approximate surface area is 155 Å². The second-order valence-electron chi connectivity index (χ2n) is 6.14. The van der Waals surface area contributed by atoms with Gasteiger partial charge in [-0.25, -0.2) is 4.98 Å². The number of nitrogens with one attached hydrogen (secondary N) is 1. The number of hydrogen-bond acceptors (Lipinski definition) is 5. The Hall–Kier alpha value is -0.950. The fourth-order valence-electron chi connectivity index (χ4n) is 3.02. The van der Waals surface area contributed by atoms with E-state index in [1.165, 1.54) is 17.8 Å². The van der Waals surface area contributed by atoms with E-state index < -0.39 is 0 Å². The zero-order valence-electron chi connectivity index (χ0n) is 13.8. The second-order valence-corrected chi connectivity index (χ2v) is 8.71. The van der Waals surface area contributed by atoms with Gasteiger partial charge in [-0.05, 0) is 50.9 Å². The molecule has 0 aliphatic carbocycles. The van der Waals surface area contributed by atoms with E-state index in [-0.39, 0.29) is 5.91 Å². The van der Waals surface area contributed by atoms with Gasteiger partial charge < -0.3 is 10.2 Å².